The Hall–Kier alpha value is -2.79. The molecule has 0 heterocycles. The summed E-state index contributed by atoms with van der Waals surface area (Å²) >= 11 is 0. The lowest BCUT2D eigenvalue weighted by atomic mass is 10.1. The zero-order valence-electron chi connectivity index (χ0n) is 16.5. The Morgan fingerprint density at radius 1 is 1.11 bits per heavy atom. The standard InChI is InChI=1S/C22H28N2O3/c1-24(2)15-7-14-23-20-9-6-5-8-17(20)10-13-21(25)19-12-11-18(26-3)16-22(19)27-4/h5-6,8-13,16,23H,7,14-15H2,1-4H3. The Kier molecular flexibility index (Phi) is 7.89. The first kappa shape index (κ1) is 20.5. The van der Waals surface area contributed by atoms with Crippen molar-refractivity contribution in [3.63, 3.8) is 0 Å². The maximum absolute atomic E-state index is 12.6. The molecule has 0 aliphatic heterocycles. The van der Waals surface area contributed by atoms with Gasteiger partial charge in [0.15, 0.2) is 5.78 Å². The Labute approximate surface area is 161 Å². The minimum absolute atomic E-state index is 0.114. The average molecular weight is 368 g/mol. The van der Waals surface area contributed by atoms with Gasteiger partial charge in [0.2, 0.25) is 0 Å². The maximum atomic E-state index is 12.6. The second kappa shape index (κ2) is 10.4. The van der Waals surface area contributed by atoms with Gasteiger partial charge in [-0.25, -0.2) is 0 Å². The molecule has 0 unspecified atom stereocenters. The van der Waals surface area contributed by atoms with E-state index < -0.39 is 0 Å². The third-order valence-corrected chi connectivity index (χ3v) is 4.15. The lowest BCUT2D eigenvalue weighted by molar-refractivity contribution is 0.104. The number of para-hydroxylation sites is 1. The Morgan fingerprint density at radius 3 is 2.59 bits per heavy atom. The van der Waals surface area contributed by atoms with Crippen molar-refractivity contribution in [3.05, 3.63) is 59.7 Å². The summed E-state index contributed by atoms with van der Waals surface area (Å²) in [6, 6.07) is 13.1. The van der Waals surface area contributed by atoms with Crippen molar-refractivity contribution in [2.45, 2.75) is 6.42 Å². The predicted molar refractivity (Wildman–Crippen MR) is 111 cm³/mol. The molecule has 0 saturated heterocycles. The number of benzene rings is 2. The van der Waals surface area contributed by atoms with Crippen LogP contribution in [0.2, 0.25) is 0 Å². The van der Waals surface area contributed by atoms with Crippen molar-refractivity contribution in [3.8, 4) is 11.5 Å². The summed E-state index contributed by atoms with van der Waals surface area (Å²) in [7, 11) is 7.26. The summed E-state index contributed by atoms with van der Waals surface area (Å²) in [6.07, 6.45) is 4.46. The quantitative estimate of drug-likeness (QED) is 0.391. The van der Waals surface area contributed by atoms with Gasteiger partial charge in [0.1, 0.15) is 11.5 Å². The van der Waals surface area contributed by atoms with Gasteiger partial charge in [-0.3, -0.25) is 4.79 Å². The van der Waals surface area contributed by atoms with E-state index in [1.807, 2.05) is 30.3 Å². The van der Waals surface area contributed by atoms with E-state index in [1.165, 1.54) is 0 Å². The van der Waals surface area contributed by atoms with Crippen LogP contribution in [0.1, 0.15) is 22.3 Å². The van der Waals surface area contributed by atoms with Crippen LogP contribution in [-0.4, -0.2) is 52.1 Å². The molecular formula is C22H28N2O3. The van der Waals surface area contributed by atoms with E-state index in [9.17, 15) is 4.79 Å². The first-order valence-electron chi connectivity index (χ1n) is 8.97. The lowest BCUT2D eigenvalue weighted by Crippen LogP contribution is -2.16. The highest BCUT2D eigenvalue weighted by Crippen LogP contribution is 2.25. The third kappa shape index (κ3) is 6.15. The van der Waals surface area contributed by atoms with Crippen molar-refractivity contribution >= 4 is 17.5 Å². The number of nitrogens with one attached hydrogen (secondary N) is 1. The zero-order valence-corrected chi connectivity index (χ0v) is 16.5. The van der Waals surface area contributed by atoms with Gasteiger partial charge in [-0.05, 0) is 63.0 Å². The number of carbonyl (C=O) groups is 1. The third-order valence-electron chi connectivity index (χ3n) is 4.15. The topological polar surface area (TPSA) is 50.8 Å². The van der Waals surface area contributed by atoms with Gasteiger partial charge in [-0.1, -0.05) is 18.2 Å². The van der Waals surface area contributed by atoms with Gasteiger partial charge in [0.25, 0.3) is 0 Å². The average Bonchev–Trinajstić information content (AvgIpc) is 2.69. The van der Waals surface area contributed by atoms with E-state index in [4.69, 9.17) is 9.47 Å². The van der Waals surface area contributed by atoms with Crippen molar-refractivity contribution in [1.29, 1.82) is 0 Å². The van der Waals surface area contributed by atoms with Crippen LogP contribution in [-0.2, 0) is 0 Å². The normalized spacial score (nSPS) is 11.0. The number of carbonyl (C=O) groups excluding carboxylic acids is 1. The van der Waals surface area contributed by atoms with Crippen molar-refractivity contribution in [2.24, 2.45) is 0 Å². The van der Waals surface area contributed by atoms with Gasteiger partial charge >= 0.3 is 0 Å². The molecule has 0 aromatic heterocycles. The monoisotopic (exact) mass is 368 g/mol. The number of hydrogen-bond donors (Lipinski definition) is 1. The molecule has 0 spiro atoms. The molecule has 1 N–H and O–H groups in total. The zero-order chi connectivity index (χ0) is 19.6. The molecule has 2 rings (SSSR count). The fraction of sp³-hybridized carbons (Fsp3) is 0.318. The Morgan fingerprint density at radius 2 is 1.89 bits per heavy atom. The number of rotatable bonds is 10. The van der Waals surface area contributed by atoms with Gasteiger partial charge in [0.05, 0.1) is 19.8 Å². The fourth-order valence-electron chi connectivity index (χ4n) is 2.68. The van der Waals surface area contributed by atoms with Crippen LogP contribution in [0.4, 0.5) is 5.69 Å². The van der Waals surface area contributed by atoms with Crippen LogP contribution < -0.4 is 14.8 Å². The number of ether oxygens (including phenoxy) is 2. The Bertz CT molecular complexity index is 785. The number of hydrogen-bond acceptors (Lipinski definition) is 5. The fourth-order valence-corrected chi connectivity index (χ4v) is 2.68. The van der Waals surface area contributed by atoms with Crippen molar-refractivity contribution < 1.29 is 14.3 Å². The number of nitrogens with zero attached hydrogens (tertiary/aromatic N) is 1. The predicted octanol–water partition coefficient (Wildman–Crippen LogP) is 3.96. The van der Waals surface area contributed by atoms with E-state index in [0.29, 0.717) is 17.1 Å². The molecule has 5 nitrogen and oxygen atoms in total. The molecule has 2 aromatic rings. The van der Waals surface area contributed by atoms with Gasteiger partial charge < -0.3 is 19.7 Å². The van der Waals surface area contributed by atoms with Gasteiger partial charge in [-0.15, -0.1) is 0 Å². The molecule has 0 radical (unpaired) electrons. The highest BCUT2D eigenvalue weighted by atomic mass is 16.5. The molecule has 0 aliphatic rings. The molecule has 144 valence electrons. The minimum Gasteiger partial charge on any atom is -0.497 e. The lowest BCUT2D eigenvalue weighted by Gasteiger charge is -2.12. The number of ketones is 1. The second-order valence-corrected chi connectivity index (χ2v) is 6.43. The van der Waals surface area contributed by atoms with Gasteiger partial charge in [-0.2, -0.15) is 0 Å². The molecule has 27 heavy (non-hydrogen) atoms. The molecule has 0 bridgehead atoms. The summed E-state index contributed by atoms with van der Waals surface area (Å²) in [5.41, 5.74) is 2.50. The van der Waals surface area contributed by atoms with E-state index >= 15 is 0 Å². The summed E-state index contributed by atoms with van der Waals surface area (Å²) < 4.78 is 10.5. The first-order valence-corrected chi connectivity index (χ1v) is 8.97. The smallest absolute Gasteiger partial charge is 0.189 e. The van der Waals surface area contributed by atoms with Crippen molar-refractivity contribution in [2.75, 3.05) is 46.7 Å². The number of methoxy groups -OCH3 is 2. The first-order chi connectivity index (χ1) is 13.0. The molecule has 2 aromatic carbocycles. The van der Waals surface area contributed by atoms with Crippen LogP contribution in [0, 0.1) is 0 Å². The SMILES string of the molecule is COc1ccc(C(=O)C=Cc2ccccc2NCCCN(C)C)c(OC)c1. The van der Waals surface area contributed by atoms with E-state index in [-0.39, 0.29) is 5.78 Å². The van der Waals surface area contributed by atoms with Crippen LogP contribution in [0.25, 0.3) is 6.08 Å². The summed E-state index contributed by atoms with van der Waals surface area (Å²) in [5, 5.41) is 3.44. The number of anilines is 1. The minimum atomic E-state index is -0.114. The van der Waals surface area contributed by atoms with Crippen LogP contribution in [0.5, 0.6) is 11.5 Å². The maximum Gasteiger partial charge on any atom is 0.189 e. The summed E-state index contributed by atoms with van der Waals surface area (Å²) in [4.78, 5) is 14.8. The van der Waals surface area contributed by atoms with E-state index in [2.05, 4.69) is 24.3 Å². The second-order valence-electron chi connectivity index (χ2n) is 6.43. The molecule has 0 aliphatic carbocycles. The molecule has 0 fully saturated rings. The van der Waals surface area contributed by atoms with Crippen LogP contribution >= 0.6 is 0 Å². The molecular weight excluding hydrogens is 340 g/mol. The largest absolute Gasteiger partial charge is 0.497 e. The molecule has 0 amide bonds. The molecule has 0 atom stereocenters. The highest BCUT2D eigenvalue weighted by molar-refractivity contribution is 6.09. The number of allylic oxidation sites excluding steroid dienone is 1. The summed E-state index contributed by atoms with van der Waals surface area (Å²) in [6.45, 7) is 1.91. The van der Waals surface area contributed by atoms with E-state index in [0.717, 1.165) is 30.8 Å². The molecule has 5 heteroatoms. The van der Waals surface area contributed by atoms with Crippen LogP contribution in [0.3, 0.4) is 0 Å². The van der Waals surface area contributed by atoms with Crippen molar-refractivity contribution in [1.82, 2.24) is 4.90 Å². The highest BCUT2D eigenvalue weighted by Gasteiger charge is 2.11. The van der Waals surface area contributed by atoms with E-state index in [1.54, 1.807) is 38.5 Å². The van der Waals surface area contributed by atoms with Gasteiger partial charge in [0, 0.05) is 18.3 Å². The molecule has 0 saturated carbocycles. The van der Waals surface area contributed by atoms with Crippen LogP contribution in [0.15, 0.2) is 48.5 Å². The Balaban J connectivity index is 2.10. The summed E-state index contributed by atoms with van der Waals surface area (Å²) in [5.74, 6) is 1.04.